The maximum Gasteiger partial charge on any atom is 0.247 e. The lowest BCUT2D eigenvalue weighted by Gasteiger charge is -2.37. The Bertz CT molecular complexity index is 1130. The van der Waals surface area contributed by atoms with Crippen molar-refractivity contribution in [2.75, 3.05) is 26.7 Å². The van der Waals surface area contributed by atoms with E-state index in [1.807, 2.05) is 32.2 Å². The van der Waals surface area contributed by atoms with Crippen LogP contribution in [0.4, 0.5) is 0 Å². The molecule has 0 bridgehead atoms. The lowest BCUT2D eigenvalue weighted by atomic mass is 10.0. The van der Waals surface area contributed by atoms with Gasteiger partial charge in [0.05, 0.1) is 12.3 Å². The number of aromatic nitrogens is 1. The largest absolute Gasteiger partial charge is 0.487 e. The molecule has 2 aromatic rings. The van der Waals surface area contributed by atoms with Crippen molar-refractivity contribution in [3.63, 3.8) is 0 Å². The molecule has 0 spiro atoms. The summed E-state index contributed by atoms with van der Waals surface area (Å²) >= 11 is 0. The molecule has 8 nitrogen and oxygen atoms in total. The molecule has 0 unspecified atom stereocenters. The van der Waals surface area contributed by atoms with Gasteiger partial charge in [0, 0.05) is 43.4 Å². The molecule has 0 saturated carbocycles. The Balaban J connectivity index is 1.99. The molecule has 1 aromatic heterocycles. The van der Waals surface area contributed by atoms with E-state index in [0.717, 1.165) is 5.69 Å². The summed E-state index contributed by atoms with van der Waals surface area (Å²) in [6.45, 7) is 6.30. The first-order chi connectivity index (χ1) is 16.1. The van der Waals surface area contributed by atoms with Gasteiger partial charge in [-0.25, -0.2) is 8.42 Å². The number of pyridine rings is 1. The van der Waals surface area contributed by atoms with Crippen LogP contribution in [0.1, 0.15) is 32.0 Å². The highest BCUT2D eigenvalue weighted by Gasteiger charge is 2.38. The Kier molecular flexibility index (Phi) is 8.68. The van der Waals surface area contributed by atoms with Gasteiger partial charge < -0.3 is 14.9 Å². The zero-order chi connectivity index (χ0) is 24.9. The summed E-state index contributed by atoms with van der Waals surface area (Å²) in [4.78, 5) is 6.51. The van der Waals surface area contributed by atoms with Crippen LogP contribution < -0.4 is 4.74 Å². The van der Waals surface area contributed by atoms with Crippen molar-refractivity contribution < 1.29 is 23.4 Å². The molecule has 1 aromatic carbocycles. The number of aliphatic hydroxyl groups excluding tert-OH is 2. The monoisotopic (exact) mass is 487 g/mol. The van der Waals surface area contributed by atoms with E-state index in [1.54, 1.807) is 32.2 Å². The smallest absolute Gasteiger partial charge is 0.247 e. The number of fused-ring (bicyclic) bond motifs is 1. The first-order valence-corrected chi connectivity index (χ1v) is 12.8. The predicted molar refractivity (Wildman–Crippen MR) is 130 cm³/mol. The summed E-state index contributed by atoms with van der Waals surface area (Å²) in [6.07, 6.45) is 0.625. The second kappa shape index (κ2) is 11.3. The van der Waals surface area contributed by atoms with E-state index in [1.165, 1.54) is 10.4 Å². The molecular formula is C25H33N3O5S. The molecule has 34 heavy (non-hydrogen) atoms. The standard InChI is InChI=1S/C25H33N3O5S/c1-18-14-28(19(2)17-29)34(31,32)25-11-10-21(9-8-20(3)30)13-23(25)33-24(18)16-27(4)15-22-7-5-6-12-26-22/h5-7,10-13,18-20,24,29-30H,14-17H2,1-4H3/t18-,19+,20-,24+/m0/s1. The van der Waals surface area contributed by atoms with Crippen molar-refractivity contribution in [3.05, 3.63) is 53.9 Å². The van der Waals surface area contributed by atoms with Crippen LogP contribution in [0.2, 0.25) is 0 Å². The fourth-order valence-electron chi connectivity index (χ4n) is 3.85. The van der Waals surface area contributed by atoms with E-state index >= 15 is 0 Å². The van der Waals surface area contributed by atoms with Crippen LogP contribution in [0.3, 0.4) is 0 Å². The van der Waals surface area contributed by atoms with E-state index in [-0.39, 0.29) is 35.8 Å². The van der Waals surface area contributed by atoms with Gasteiger partial charge in [-0.15, -0.1) is 0 Å². The SMILES string of the molecule is C[C@H](O)C#Cc1ccc2c(c1)O[C@H](CN(C)Cc1ccccn1)[C@@H](C)CN([C@H](C)CO)S2(=O)=O. The second-order valence-electron chi connectivity index (χ2n) is 8.86. The molecule has 0 fully saturated rings. The van der Waals surface area contributed by atoms with Gasteiger partial charge in [0.15, 0.2) is 0 Å². The number of hydrogen-bond acceptors (Lipinski definition) is 7. The van der Waals surface area contributed by atoms with Crippen LogP contribution in [0.15, 0.2) is 47.5 Å². The van der Waals surface area contributed by atoms with Gasteiger partial charge in [-0.2, -0.15) is 4.31 Å². The first-order valence-electron chi connectivity index (χ1n) is 11.3. The molecule has 0 radical (unpaired) electrons. The summed E-state index contributed by atoms with van der Waals surface area (Å²) in [5.74, 6) is 5.59. The van der Waals surface area contributed by atoms with Gasteiger partial charge in [-0.3, -0.25) is 9.88 Å². The number of hydrogen-bond donors (Lipinski definition) is 2. The summed E-state index contributed by atoms with van der Waals surface area (Å²) in [7, 11) is -1.94. The van der Waals surface area contributed by atoms with Crippen LogP contribution >= 0.6 is 0 Å². The highest BCUT2D eigenvalue weighted by molar-refractivity contribution is 7.89. The van der Waals surface area contributed by atoms with Crippen molar-refractivity contribution in [2.45, 2.75) is 50.5 Å². The average Bonchev–Trinajstić information content (AvgIpc) is 2.80. The topological polar surface area (TPSA) is 103 Å². The van der Waals surface area contributed by atoms with Crippen LogP contribution in [0.25, 0.3) is 0 Å². The molecule has 0 amide bonds. The summed E-state index contributed by atoms with van der Waals surface area (Å²) in [5.41, 5.74) is 1.48. The van der Waals surface area contributed by atoms with Crippen LogP contribution in [0, 0.1) is 17.8 Å². The highest BCUT2D eigenvalue weighted by Crippen LogP contribution is 2.34. The van der Waals surface area contributed by atoms with Gasteiger partial charge in [0.25, 0.3) is 0 Å². The van der Waals surface area contributed by atoms with Crippen LogP contribution in [0.5, 0.6) is 5.75 Å². The number of aliphatic hydroxyl groups is 2. The highest BCUT2D eigenvalue weighted by atomic mass is 32.2. The zero-order valence-electron chi connectivity index (χ0n) is 20.0. The van der Waals surface area contributed by atoms with E-state index in [2.05, 4.69) is 21.7 Å². The third kappa shape index (κ3) is 6.34. The molecule has 0 aliphatic carbocycles. The van der Waals surface area contributed by atoms with E-state index in [0.29, 0.717) is 18.7 Å². The van der Waals surface area contributed by atoms with Gasteiger partial charge in [0.2, 0.25) is 10.0 Å². The third-order valence-electron chi connectivity index (χ3n) is 5.74. The molecular weight excluding hydrogens is 454 g/mol. The van der Waals surface area contributed by atoms with Crippen molar-refractivity contribution in [2.24, 2.45) is 5.92 Å². The van der Waals surface area contributed by atoms with E-state index in [4.69, 9.17) is 4.74 Å². The number of benzene rings is 1. The third-order valence-corrected chi connectivity index (χ3v) is 7.76. The van der Waals surface area contributed by atoms with E-state index in [9.17, 15) is 18.6 Å². The van der Waals surface area contributed by atoms with Crippen LogP contribution in [-0.2, 0) is 16.6 Å². The molecule has 3 rings (SSSR count). The summed E-state index contributed by atoms with van der Waals surface area (Å²) < 4.78 is 34.7. The number of rotatable bonds is 6. The number of likely N-dealkylation sites (N-methyl/N-ethyl adjacent to an activating group) is 1. The molecule has 1 aliphatic heterocycles. The Morgan fingerprint density at radius 2 is 2.06 bits per heavy atom. The fourth-order valence-corrected chi connectivity index (χ4v) is 5.67. The number of sulfonamides is 1. The van der Waals surface area contributed by atoms with E-state index < -0.39 is 22.2 Å². The fraction of sp³-hybridized carbons (Fsp3) is 0.480. The Morgan fingerprint density at radius 1 is 1.29 bits per heavy atom. The minimum absolute atomic E-state index is 0.0414. The number of ether oxygens (including phenoxy) is 1. The maximum absolute atomic E-state index is 13.5. The van der Waals surface area contributed by atoms with Gasteiger partial charge in [0.1, 0.15) is 22.9 Å². The van der Waals surface area contributed by atoms with Crippen molar-refractivity contribution in [1.82, 2.24) is 14.2 Å². The molecule has 4 atom stereocenters. The van der Waals surface area contributed by atoms with Gasteiger partial charge in [-0.1, -0.05) is 24.8 Å². The first kappa shape index (κ1) is 26.1. The average molecular weight is 488 g/mol. The van der Waals surface area contributed by atoms with Gasteiger partial charge in [-0.05, 0) is 51.2 Å². The Labute approximate surface area is 202 Å². The predicted octanol–water partition coefficient (Wildman–Crippen LogP) is 1.71. The minimum atomic E-state index is -3.91. The van der Waals surface area contributed by atoms with Crippen molar-refractivity contribution in [1.29, 1.82) is 0 Å². The van der Waals surface area contributed by atoms with Gasteiger partial charge >= 0.3 is 0 Å². The lowest BCUT2D eigenvalue weighted by molar-refractivity contribution is 0.0730. The Morgan fingerprint density at radius 3 is 2.71 bits per heavy atom. The normalized spacial score (nSPS) is 21.9. The molecule has 1 aliphatic rings. The zero-order valence-corrected chi connectivity index (χ0v) is 20.9. The lowest BCUT2D eigenvalue weighted by Crippen LogP contribution is -2.49. The molecule has 2 N–H and O–H groups in total. The van der Waals surface area contributed by atoms with Crippen molar-refractivity contribution in [3.8, 4) is 17.6 Å². The second-order valence-corrected chi connectivity index (χ2v) is 10.7. The Hall–Kier alpha value is -2.48. The molecule has 0 saturated heterocycles. The van der Waals surface area contributed by atoms with Crippen molar-refractivity contribution >= 4 is 10.0 Å². The van der Waals surface area contributed by atoms with Crippen LogP contribution in [-0.4, -0.2) is 77.8 Å². The molecule has 9 heteroatoms. The maximum atomic E-state index is 13.5. The molecule has 2 heterocycles. The quantitative estimate of drug-likeness (QED) is 0.598. The summed E-state index contributed by atoms with van der Waals surface area (Å²) in [5, 5.41) is 19.3. The summed E-state index contributed by atoms with van der Waals surface area (Å²) in [6, 6.07) is 9.88. The number of nitrogens with zero attached hydrogens (tertiary/aromatic N) is 3. The minimum Gasteiger partial charge on any atom is -0.487 e. The molecule has 184 valence electrons.